The van der Waals surface area contributed by atoms with E-state index in [0.29, 0.717) is 12.2 Å². The molecule has 0 aromatic heterocycles. The molecule has 0 spiro atoms. The predicted molar refractivity (Wildman–Crippen MR) is 151 cm³/mol. The van der Waals surface area contributed by atoms with E-state index >= 15 is 0 Å². The number of unbranched alkanes of at least 4 members (excludes halogenated alkanes) is 9. The van der Waals surface area contributed by atoms with Gasteiger partial charge in [-0.1, -0.05) is 64.7 Å². The van der Waals surface area contributed by atoms with Gasteiger partial charge in [0.05, 0.1) is 29.2 Å². The van der Waals surface area contributed by atoms with Crippen molar-refractivity contribution in [1.82, 2.24) is 0 Å². The van der Waals surface area contributed by atoms with Gasteiger partial charge in [0, 0.05) is 25.3 Å². The van der Waals surface area contributed by atoms with Crippen LogP contribution in [0.1, 0.15) is 87.9 Å². The summed E-state index contributed by atoms with van der Waals surface area (Å²) in [5.41, 5.74) is 1.06. The molecule has 0 aliphatic rings. The van der Waals surface area contributed by atoms with Crippen LogP contribution < -0.4 is 4.90 Å². The number of azo groups is 1. The summed E-state index contributed by atoms with van der Waals surface area (Å²) in [6.45, 7) is 2.86. The molecular formula is C29H40N4O6. The molecule has 1 N–H and O–H groups in total. The van der Waals surface area contributed by atoms with E-state index in [1.54, 1.807) is 36.2 Å². The fraction of sp³-hybridized carbons (Fsp3) is 0.517. The van der Waals surface area contributed by atoms with Crippen molar-refractivity contribution >= 4 is 34.7 Å². The highest BCUT2D eigenvalue weighted by atomic mass is 16.6. The first kappa shape index (κ1) is 31.4. The lowest BCUT2D eigenvalue weighted by Crippen LogP contribution is -2.20. The van der Waals surface area contributed by atoms with Crippen LogP contribution in [0.5, 0.6) is 0 Å². The first-order valence-corrected chi connectivity index (χ1v) is 13.7. The Morgan fingerprint density at radius 2 is 1.54 bits per heavy atom. The molecule has 0 amide bonds. The highest BCUT2D eigenvalue weighted by Crippen LogP contribution is 2.31. The molecule has 10 heteroatoms. The van der Waals surface area contributed by atoms with E-state index in [1.807, 2.05) is 0 Å². The standard InChI is InChI=1S/C29H40N4O6/c1-3-4-5-6-7-8-9-10-11-12-21-39-29(36)23-13-18-26(27(22-23)33(37)38)31-30-24-14-16-25(17-15-24)32(2)20-19-28(34)35/h13-18,22H,3-12,19-21H2,1-2H3,(H,34,35). The second kappa shape index (κ2) is 17.6. The Bertz CT molecular complexity index is 1090. The van der Waals surface area contributed by atoms with Crippen molar-refractivity contribution in [1.29, 1.82) is 0 Å². The number of nitro groups is 1. The fourth-order valence-corrected chi connectivity index (χ4v) is 4.00. The normalized spacial score (nSPS) is 11.0. The molecule has 0 heterocycles. The number of ether oxygens (including phenoxy) is 1. The summed E-state index contributed by atoms with van der Waals surface area (Å²) in [4.78, 5) is 35.9. The van der Waals surface area contributed by atoms with Gasteiger partial charge in [0.1, 0.15) is 0 Å². The molecule has 0 fully saturated rings. The number of hydrogen-bond acceptors (Lipinski definition) is 8. The van der Waals surface area contributed by atoms with E-state index in [4.69, 9.17) is 9.84 Å². The topological polar surface area (TPSA) is 135 Å². The van der Waals surface area contributed by atoms with Crippen molar-refractivity contribution in [3.05, 3.63) is 58.1 Å². The van der Waals surface area contributed by atoms with Crippen LogP contribution in [0.2, 0.25) is 0 Å². The van der Waals surface area contributed by atoms with Crippen LogP contribution in [-0.2, 0) is 9.53 Å². The van der Waals surface area contributed by atoms with Gasteiger partial charge >= 0.3 is 11.9 Å². The number of carboxylic acids is 1. The molecule has 0 radical (unpaired) electrons. The van der Waals surface area contributed by atoms with Crippen LogP contribution in [0.3, 0.4) is 0 Å². The molecular weight excluding hydrogens is 500 g/mol. The maximum Gasteiger partial charge on any atom is 0.338 e. The fourth-order valence-electron chi connectivity index (χ4n) is 4.00. The van der Waals surface area contributed by atoms with Gasteiger partial charge in [0.2, 0.25) is 0 Å². The van der Waals surface area contributed by atoms with Crippen molar-refractivity contribution in [2.45, 2.75) is 77.6 Å². The molecule has 0 saturated carbocycles. The van der Waals surface area contributed by atoms with Crippen molar-refractivity contribution < 1.29 is 24.4 Å². The van der Waals surface area contributed by atoms with Gasteiger partial charge in [-0.15, -0.1) is 5.11 Å². The smallest absolute Gasteiger partial charge is 0.338 e. The molecule has 39 heavy (non-hydrogen) atoms. The lowest BCUT2D eigenvalue weighted by molar-refractivity contribution is -0.384. The third kappa shape index (κ3) is 12.1. The summed E-state index contributed by atoms with van der Waals surface area (Å²) in [5, 5.41) is 28.5. The summed E-state index contributed by atoms with van der Waals surface area (Å²) < 4.78 is 5.31. The monoisotopic (exact) mass is 540 g/mol. The number of anilines is 1. The van der Waals surface area contributed by atoms with E-state index < -0.39 is 16.9 Å². The highest BCUT2D eigenvalue weighted by Gasteiger charge is 2.18. The molecule has 0 atom stereocenters. The number of esters is 1. The number of benzene rings is 2. The Hall–Kier alpha value is -3.82. The molecule has 0 aliphatic heterocycles. The summed E-state index contributed by atoms with van der Waals surface area (Å²) >= 11 is 0. The van der Waals surface area contributed by atoms with Gasteiger partial charge < -0.3 is 14.7 Å². The van der Waals surface area contributed by atoms with Crippen molar-refractivity contribution in [3.8, 4) is 0 Å². The van der Waals surface area contributed by atoms with E-state index in [-0.39, 0.29) is 30.0 Å². The summed E-state index contributed by atoms with van der Waals surface area (Å²) in [6, 6.07) is 10.9. The van der Waals surface area contributed by atoms with Gasteiger partial charge in [-0.05, 0) is 42.8 Å². The number of rotatable bonds is 19. The first-order valence-electron chi connectivity index (χ1n) is 13.7. The number of nitro benzene ring substituents is 1. The Balaban J connectivity index is 1.84. The van der Waals surface area contributed by atoms with Gasteiger partial charge in [-0.25, -0.2) is 4.79 Å². The molecule has 2 rings (SSSR count). The molecule has 0 saturated heterocycles. The number of nitrogens with zero attached hydrogens (tertiary/aromatic N) is 4. The third-order valence-corrected chi connectivity index (χ3v) is 6.36. The third-order valence-electron chi connectivity index (χ3n) is 6.36. The molecule has 10 nitrogen and oxygen atoms in total. The first-order chi connectivity index (χ1) is 18.8. The van der Waals surface area contributed by atoms with Gasteiger partial charge in [0.25, 0.3) is 5.69 Å². The van der Waals surface area contributed by atoms with E-state index in [1.165, 1.54) is 57.1 Å². The van der Waals surface area contributed by atoms with Gasteiger partial charge in [0.15, 0.2) is 5.69 Å². The zero-order chi connectivity index (χ0) is 28.5. The Labute approximate surface area is 230 Å². The van der Waals surface area contributed by atoms with Crippen LogP contribution in [0, 0.1) is 10.1 Å². The van der Waals surface area contributed by atoms with Crippen molar-refractivity contribution in [2.24, 2.45) is 10.2 Å². The lowest BCUT2D eigenvalue weighted by Gasteiger charge is -2.17. The summed E-state index contributed by atoms with van der Waals surface area (Å²) in [6.07, 6.45) is 11.8. The number of carbonyl (C=O) groups is 2. The van der Waals surface area contributed by atoms with Crippen LogP contribution in [-0.4, -0.2) is 42.2 Å². The average Bonchev–Trinajstić information content (AvgIpc) is 2.93. The zero-order valence-electron chi connectivity index (χ0n) is 23.0. The van der Waals surface area contributed by atoms with E-state index in [9.17, 15) is 19.7 Å². The number of carboxylic acid groups (broad SMARTS) is 1. The number of hydrogen-bond donors (Lipinski definition) is 1. The lowest BCUT2D eigenvalue weighted by atomic mass is 10.1. The molecule has 2 aromatic rings. The molecule has 0 unspecified atom stereocenters. The Morgan fingerprint density at radius 3 is 2.13 bits per heavy atom. The van der Waals surface area contributed by atoms with Crippen LogP contribution in [0.4, 0.5) is 22.7 Å². The average molecular weight is 541 g/mol. The second-order valence-corrected chi connectivity index (χ2v) is 9.56. The van der Waals surface area contributed by atoms with Crippen molar-refractivity contribution in [3.63, 3.8) is 0 Å². The zero-order valence-corrected chi connectivity index (χ0v) is 23.0. The van der Waals surface area contributed by atoms with Gasteiger partial charge in [-0.3, -0.25) is 14.9 Å². The Kier molecular flexibility index (Phi) is 14.2. The molecule has 212 valence electrons. The molecule has 0 aliphatic carbocycles. The molecule has 2 aromatic carbocycles. The van der Waals surface area contributed by atoms with Gasteiger partial charge in [-0.2, -0.15) is 5.11 Å². The van der Waals surface area contributed by atoms with Crippen LogP contribution in [0.25, 0.3) is 0 Å². The molecule has 0 bridgehead atoms. The predicted octanol–water partition coefficient (Wildman–Crippen LogP) is 8.00. The maximum absolute atomic E-state index is 12.4. The second-order valence-electron chi connectivity index (χ2n) is 9.56. The van der Waals surface area contributed by atoms with E-state index in [2.05, 4.69) is 17.2 Å². The summed E-state index contributed by atoms with van der Waals surface area (Å²) in [7, 11) is 1.78. The number of aliphatic carboxylic acids is 1. The largest absolute Gasteiger partial charge is 0.481 e. The SMILES string of the molecule is CCCCCCCCCCCCOC(=O)c1ccc(N=Nc2ccc(N(C)CCC(=O)O)cc2)c([N+](=O)[O-])c1. The van der Waals surface area contributed by atoms with Crippen molar-refractivity contribution in [2.75, 3.05) is 25.1 Å². The minimum Gasteiger partial charge on any atom is -0.481 e. The highest BCUT2D eigenvalue weighted by molar-refractivity contribution is 5.91. The minimum absolute atomic E-state index is 0.0183. The Morgan fingerprint density at radius 1 is 0.923 bits per heavy atom. The minimum atomic E-state index is -0.873. The quantitative estimate of drug-likeness (QED) is 0.0627. The number of carbonyl (C=O) groups excluding carboxylic acids is 1. The maximum atomic E-state index is 12.4. The summed E-state index contributed by atoms with van der Waals surface area (Å²) in [5.74, 6) is -1.47. The van der Waals surface area contributed by atoms with Crippen LogP contribution in [0.15, 0.2) is 52.7 Å². The van der Waals surface area contributed by atoms with Crippen LogP contribution >= 0.6 is 0 Å². The van der Waals surface area contributed by atoms with E-state index in [0.717, 1.165) is 31.0 Å².